The third-order valence-corrected chi connectivity index (χ3v) is 1.47. The number of halogens is 3. The van der Waals surface area contributed by atoms with Gasteiger partial charge in [-0.05, 0) is 13.8 Å². The summed E-state index contributed by atoms with van der Waals surface area (Å²) in [5.74, 6) is -0.854. The fraction of sp³-hybridized carbons (Fsp3) is 0.857. The van der Waals surface area contributed by atoms with Crippen molar-refractivity contribution in [3.05, 3.63) is 0 Å². The molecule has 0 unspecified atom stereocenters. The molecule has 72 valence electrons. The third-order valence-electron chi connectivity index (χ3n) is 1.47. The van der Waals surface area contributed by atoms with Crippen LogP contribution in [-0.2, 0) is 4.79 Å². The summed E-state index contributed by atoms with van der Waals surface area (Å²) in [6, 6.07) is 0. The van der Waals surface area contributed by atoms with E-state index in [4.69, 9.17) is 0 Å². The van der Waals surface area contributed by atoms with Crippen molar-refractivity contribution >= 4 is 5.91 Å². The maximum atomic E-state index is 11.7. The number of amides is 1. The van der Waals surface area contributed by atoms with Crippen molar-refractivity contribution in [3.8, 4) is 0 Å². The van der Waals surface area contributed by atoms with Crippen LogP contribution in [0.4, 0.5) is 13.2 Å². The number of hydrogen-bond donors (Lipinski definition) is 0. The smallest absolute Gasteiger partial charge is 0.343 e. The van der Waals surface area contributed by atoms with Gasteiger partial charge >= 0.3 is 6.18 Å². The van der Waals surface area contributed by atoms with E-state index in [1.54, 1.807) is 13.8 Å². The molecule has 1 amide bonds. The molecule has 0 fully saturated rings. The SMILES string of the molecule is CCN(CC)C(=O)CC(F)(F)F. The minimum atomic E-state index is -4.39. The van der Waals surface area contributed by atoms with Crippen LogP contribution < -0.4 is 0 Å². The molecule has 0 saturated carbocycles. The highest BCUT2D eigenvalue weighted by Gasteiger charge is 2.32. The summed E-state index contributed by atoms with van der Waals surface area (Å²) in [4.78, 5) is 12.0. The average Bonchev–Trinajstić information content (AvgIpc) is 1.85. The Labute approximate surface area is 69.3 Å². The van der Waals surface area contributed by atoms with Crippen LogP contribution in [0.2, 0.25) is 0 Å². The molecule has 2 nitrogen and oxygen atoms in total. The van der Waals surface area contributed by atoms with E-state index in [9.17, 15) is 18.0 Å². The van der Waals surface area contributed by atoms with Gasteiger partial charge in [-0.15, -0.1) is 0 Å². The van der Waals surface area contributed by atoms with Gasteiger partial charge in [0.2, 0.25) is 5.91 Å². The normalized spacial score (nSPS) is 11.4. The van der Waals surface area contributed by atoms with Gasteiger partial charge in [-0.25, -0.2) is 0 Å². The Hall–Kier alpha value is -0.740. The van der Waals surface area contributed by atoms with Gasteiger partial charge in [0.15, 0.2) is 0 Å². The number of carbonyl (C=O) groups is 1. The summed E-state index contributed by atoms with van der Waals surface area (Å²) in [5.41, 5.74) is 0. The number of carbonyl (C=O) groups excluding carboxylic acids is 1. The predicted octanol–water partition coefficient (Wildman–Crippen LogP) is 1.81. The summed E-state index contributed by atoms with van der Waals surface area (Å²) in [7, 11) is 0. The minimum absolute atomic E-state index is 0.325. The van der Waals surface area contributed by atoms with Crippen molar-refractivity contribution < 1.29 is 18.0 Å². The molecule has 5 heteroatoms. The topological polar surface area (TPSA) is 20.3 Å². The lowest BCUT2D eigenvalue weighted by atomic mass is 10.3. The molecule has 0 aromatic heterocycles. The molecular weight excluding hydrogens is 171 g/mol. The molecule has 0 atom stereocenters. The molecule has 0 radical (unpaired) electrons. The van der Waals surface area contributed by atoms with Crippen molar-refractivity contribution in [2.45, 2.75) is 26.4 Å². The number of nitrogens with zero attached hydrogens (tertiary/aromatic N) is 1. The fourth-order valence-electron chi connectivity index (χ4n) is 0.860. The van der Waals surface area contributed by atoms with Crippen molar-refractivity contribution in [2.75, 3.05) is 13.1 Å². The number of rotatable bonds is 3. The molecule has 0 heterocycles. The van der Waals surface area contributed by atoms with Crippen LogP contribution >= 0.6 is 0 Å². The van der Waals surface area contributed by atoms with Crippen LogP contribution in [-0.4, -0.2) is 30.1 Å². The standard InChI is InChI=1S/C7H12F3NO/c1-3-11(4-2)6(12)5-7(8,9)10/h3-5H2,1-2H3. The van der Waals surface area contributed by atoms with Gasteiger partial charge in [0.05, 0.1) is 0 Å². The molecule has 0 aliphatic rings. The van der Waals surface area contributed by atoms with Crippen LogP contribution in [0.3, 0.4) is 0 Å². The highest BCUT2D eigenvalue weighted by Crippen LogP contribution is 2.20. The first-order valence-electron chi connectivity index (χ1n) is 3.75. The number of hydrogen-bond acceptors (Lipinski definition) is 1. The van der Waals surface area contributed by atoms with E-state index < -0.39 is 18.5 Å². The summed E-state index contributed by atoms with van der Waals surface area (Å²) < 4.78 is 35.1. The predicted molar refractivity (Wildman–Crippen MR) is 38.6 cm³/mol. The highest BCUT2D eigenvalue weighted by atomic mass is 19.4. The molecule has 0 spiro atoms. The van der Waals surface area contributed by atoms with Gasteiger partial charge in [0, 0.05) is 13.1 Å². The van der Waals surface area contributed by atoms with Crippen LogP contribution in [0, 0.1) is 0 Å². The largest absolute Gasteiger partial charge is 0.397 e. The Kier molecular flexibility index (Phi) is 4.06. The maximum absolute atomic E-state index is 11.7. The zero-order valence-corrected chi connectivity index (χ0v) is 7.11. The first-order chi connectivity index (χ1) is 5.40. The van der Waals surface area contributed by atoms with Gasteiger partial charge in [0.25, 0.3) is 0 Å². The van der Waals surface area contributed by atoms with E-state index in [2.05, 4.69) is 0 Å². The Morgan fingerprint density at radius 3 is 1.92 bits per heavy atom. The van der Waals surface area contributed by atoms with Crippen LogP contribution in [0.1, 0.15) is 20.3 Å². The lowest BCUT2D eigenvalue weighted by Gasteiger charge is -2.19. The molecule has 0 rings (SSSR count). The van der Waals surface area contributed by atoms with Crippen molar-refractivity contribution in [2.24, 2.45) is 0 Å². The van der Waals surface area contributed by atoms with Crippen molar-refractivity contribution in [1.82, 2.24) is 4.90 Å². The molecule has 0 aliphatic carbocycles. The molecule has 0 N–H and O–H groups in total. The Morgan fingerprint density at radius 1 is 1.25 bits per heavy atom. The van der Waals surface area contributed by atoms with Crippen LogP contribution in [0.15, 0.2) is 0 Å². The summed E-state index contributed by atoms with van der Waals surface area (Å²) in [6.07, 6.45) is -5.74. The summed E-state index contributed by atoms with van der Waals surface area (Å²) in [5, 5.41) is 0. The quantitative estimate of drug-likeness (QED) is 0.653. The first kappa shape index (κ1) is 11.3. The molecule has 0 aromatic rings. The second-order valence-corrected chi connectivity index (χ2v) is 2.36. The Bertz CT molecular complexity index is 151. The summed E-state index contributed by atoms with van der Waals surface area (Å²) >= 11 is 0. The molecule has 12 heavy (non-hydrogen) atoms. The van der Waals surface area contributed by atoms with Crippen LogP contribution in [0.5, 0.6) is 0 Å². The number of alkyl halides is 3. The van der Waals surface area contributed by atoms with E-state index in [1.165, 1.54) is 0 Å². The second kappa shape index (κ2) is 4.33. The Balaban J connectivity index is 4.02. The van der Waals surface area contributed by atoms with Crippen LogP contribution in [0.25, 0.3) is 0 Å². The lowest BCUT2D eigenvalue weighted by Crippen LogP contribution is -2.33. The van der Waals surface area contributed by atoms with Crippen molar-refractivity contribution in [3.63, 3.8) is 0 Å². The van der Waals surface area contributed by atoms with Gasteiger partial charge in [-0.3, -0.25) is 4.79 Å². The minimum Gasteiger partial charge on any atom is -0.343 e. The van der Waals surface area contributed by atoms with E-state index in [0.717, 1.165) is 4.90 Å². The van der Waals surface area contributed by atoms with Gasteiger partial charge in [-0.2, -0.15) is 13.2 Å². The fourth-order valence-corrected chi connectivity index (χ4v) is 0.860. The molecule has 0 aromatic carbocycles. The van der Waals surface area contributed by atoms with Gasteiger partial charge < -0.3 is 4.90 Å². The molecule has 0 saturated heterocycles. The van der Waals surface area contributed by atoms with E-state index in [-0.39, 0.29) is 0 Å². The molecule has 0 aliphatic heterocycles. The molecule has 0 bridgehead atoms. The lowest BCUT2D eigenvalue weighted by molar-refractivity contribution is -0.161. The van der Waals surface area contributed by atoms with Crippen molar-refractivity contribution in [1.29, 1.82) is 0 Å². The van der Waals surface area contributed by atoms with E-state index in [1.807, 2.05) is 0 Å². The first-order valence-corrected chi connectivity index (χ1v) is 3.75. The van der Waals surface area contributed by atoms with Gasteiger partial charge in [-0.1, -0.05) is 0 Å². The molecular formula is C7H12F3NO. The Morgan fingerprint density at radius 2 is 1.67 bits per heavy atom. The summed E-state index contributed by atoms with van der Waals surface area (Å²) in [6.45, 7) is 3.95. The maximum Gasteiger partial charge on any atom is 0.397 e. The highest BCUT2D eigenvalue weighted by molar-refractivity contribution is 5.76. The van der Waals surface area contributed by atoms with Gasteiger partial charge in [0.1, 0.15) is 6.42 Å². The van der Waals surface area contributed by atoms with E-state index in [0.29, 0.717) is 13.1 Å². The average molecular weight is 183 g/mol. The second-order valence-electron chi connectivity index (χ2n) is 2.36. The monoisotopic (exact) mass is 183 g/mol. The zero-order valence-electron chi connectivity index (χ0n) is 7.11. The van der Waals surface area contributed by atoms with E-state index >= 15 is 0 Å². The third kappa shape index (κ3) is 4.20. The zero-order chi connectivity index (χ0) is 9.78.